The van der Waals surface area contributed by atoms with Crippen molar-refractivity contribution in [3.8, 4) is 0 Å². The van der Waals surface area contributed by atoms with E-state index in [1.165, 1.54) is 12.8 Å². The molecule has 1 aliphatic rings. The number of aliphatic hydroxyl groups excluding tert-OH is 1. The first-order chi connectivity index (χ1) is 5.16. The second-order valence-corrected chi connectivity index (χ2v) is 3.63. The highest BCUT2D eigenvalue weighted by Crippen LogP contribution is 2.12. The van der Waals surface area contributed by atoms with E-state index in [2.05, 4.69) is 19.4 Å². The minimum atomic E-state index is -0.281. The van der Waals surface area contributed by atoms with E-state index in [0.717, 1.165) is 24.1 Å². The summed E-state index contributed by atoms with van der Waals surface area (Å²) in [5, 5.41) is 9.24. The Morgan fingerprint density at radius 2 is 2.36 bits per heavy atom. The highest BCUT2D eigenvalue weighted by Gasteiger charge is 2.31. The Bertz CT molecular complexity index is 129. The molecule has 1 saturated heterocycles. The average Bonchev–Trinajstić information content (AvgIpc) is 2.28. The first kappa shape index (κ1) is 8.97. The van der Waals surface area contributed by atoms with Crippen LogP contribution in [0, 0.1) is 0 Å². The molecule has 0 amide bonds. The number of nitrogens with one attached hydrogen (secondary N) is 1. The number of nitrogens with zero attached hydrogens (tertiary/aromatic N) is 1. The van der Waals surface area contributed by atoms with Crippen LogP contribution >= 0.6 is 0 Å². The minimum absolute atomic E-state index is 0.281. The summed E-state index contributed by atoms with van der Waals surface area (Å²) in [6.07, 6.45) is 3.07. The minimum Gasteiger partial charge on any atom is -0.373 e. The highest BCUT2D eigenvalue weighted by molar-refractivity contribution is 4.54. The lowest BCUT2D eigenvalue weighted by Gasteiger charge is -2.28. The Morgan fingerprint density at radius 3 is 2.82 bits per heavy atom. The summed E-state index contributed by atoms with van der Waals surface area (Å²) in [6.45, 7) is 4.38. The van der Waals surface area contributed by atoms with Crippen LogP contribution in [0.5, 0.6) is 0 Å². The SMILES string of the molecule is CCCC[N+]1(C)CCC(O)N1. The quantitative estimate of drug-likeness (QED) is 0.586. The molecule has 3 nitrogen and oxygen atoms in total. The van der Waals surface area contributed by atoms with Crippen molar-refractivity contribution in [1.29, 1.82) is 0 Å². The summed E-state index contributed by atoms with van der Waals surface area (Å²) in [5.41, 5.74) is 3.16. The zero-order chi connectivity index (χ0) is 8.32. The van der Waals surface area contributed by atoms with Crippen LogP contribution in [0.1, 0.15) is 26.2 Å². The van der Waals surface area contributed by atoms with Crippen LogP contribution in [-0.2, 0) is 0 Å². The molecule has 0 aromatic rings. The monoisotopic (exact) mass is 159 g/mol. The molecule has 1 heterocycles. The van der Waals surface area contributed by atoms with Crippen molar-refractivity contribution >= 4 is 0 Å². The van der Waals surface area contributed by atoms with Crippen molar-refractivity contribution in [2.75, 3.05) is 20.1 Å². The lowest BCUT2D eigenvalue weighted by molar-refractivity contribution is -0.942. The molecule has 0 aromatic heterocycles. The van der Waals surface area contributed by atoms with Crippen molar-refractivity contribution in [2.24, 2.45) is 0 Å². The summed E-state index contributed by atoms with van der Waals surface area (Å²) in [7, 11) is 2.14. The molecular formula is C8H19N2O+. The topological polar surface area (TPSA) is 32.3 Å². The van der Waals surface area contributed by atoms with E-state index in [9.17, 15) is 5.11 Å². The molecule has 2 N–H and O–H groups in total. The Hall–Kier alpha value is -0.120. The standard InChI is InChI=1S/C8H19N2O/c1-3-4-6-10(2)7-5-8(11)9-10/h8-9,11H,3-7H2,1-2H3/q+1. The number of unbranched alkanes of at least 4 members (excludes halogenated alkanes) is 1. The molecule has 3 heteroatoms. The van der Waals surface area contributed by atoms with Crippen molar-refractivity contribution in [1.82, 2.24) is 5.43 Å². The lowest BCUT2D eigenvalue weighted by atomic mass is 10.3. The van der Waals surface area contributed by atoms with Crippen LogP contribution < -0.4 is 5.43 Å². The normalized spacial score (nSPS) is 37.9. The molecule has 0 saturated carbocycles. The van der Waals surface area contributed by atoms with Gasteiger partial charge < -0.3 is 5.11 Å². The first-order valence-corrected chi connectivity index (χ1v) is 4.47. The second kappa shape index (κ2) is 3.52. The van der Waals surface area contributed by atoms with Crippen LogP contribution in [-0.4, -0.2) is 36.1 Å². The molecule has 0 radical (unpaired) electrons. The zero-order valence-corrected chi connectivity index (χ0v) is 7.51. The molecule has 1 aliphatic heterocycles. The molecule has 11 heavy (non-hydrogen) atoms. The number of hydrogen-bond donors (Lipinski definition) is 2. The lowest BCUT2D eigenvalue weighted by Crippen LogP contribution is -2.52. The van der Waals surface area contributed by atoms with E-state index in [1.807, 2.05) is 0 Å². The Morgan fingerprint density at radius 1 is 1.64 bits per heavy atom. The number of aliphatic hydroxyl groups is 1. The summed E-state index contributed by atoms with van der Waals surface area (Å²) in [6, 6.07) is 0. The second-order valence-electron chi connectivity index (χ2n) is 3.63. The Kier molecular flexibility index (Phi) is 2.87. The molecule has 0 aliphatic carbocycles. The summed E-state index contributed by atoms with van der Waals surface area (Å²) in [4.78, 5) is 0. The molecule has 1 rings (SSSR count). The Balaban J connectivity index is 2.29. The fraction of sp³-hybridized carbons (Fsp3) is 1.00. The first-order valence-electron chi connectivity index (χ1n) is 4.47. The third kappa shape index (κ3) is 2.43. The van der Waals surface area contributed by atoms with Crippen LogP contribution in [0.2, 0.25) is 0 Å². The molecule has 0 spiro atoms. The molecule has 0 aromatic carbocycles. The van der Waals surface area contributed by atoms with Gasteiger partial charge in [-0.2, -0.15) is 0 Å². The molecule has 2 atom stereocenters. The van der Waals surface area contributed by atoms with Crippen molar-refractivity contribution in [2.45, 2.75) is 32.4 Å². The maximum absolute atomic E-state index is 9.24. The van der Waals surface area contributed by atoms with Gasteiger partial charge in [0.05, 0.1) is 13.6 Å². The maximum atomic E-state index is 9.24. The van der Waals surface area contributed by atoms with Gasteiger partial charge in [0, 0.05) is 6.42 Å². The molecule has 0 bridgehead atoms. The zero-order valence-electron chi connectivity index (χ0n) is 7.51. The van der Waals surface area contributed by atoms with Gasteiger partial charge in [-0.1, -0.05) is 13.3 Å². The largest absolute Gasteiger partial charge is 0.373 e. The smallest absolute Gasteiger partial charge is 0.155 e. The van der Waals surface area contributed by atoms with Gasteiger partial charge in [0.1, 0.15) is 6.54 Å². The van der Waals surface area contributed by atoms with Crippen LogP contribution in [0.15, 0.2) is 0 Å². The molecule has 1 fully saturated rings. The maximum Gasteiger partial charge on any atom is 0.155 e. The summed E-state index contributed by atoms with van der Waals surface area (Å²) < 4.78 is 0.842. The summed E-state index contributed by atoms with van der Waals surface area (Å²) in [5.74, 6) is 0. The highest BCUT2D eigenvalue weighted by atomic mass is 16.3. The van der Waals surface area contributed by atoms with Gasteiger partial charge in [-0.15, -0.1) is 5.43 Å². The van der Waals surface area contributed by atoms with Gasteiger partial charge in [-0.3, -0.25) is 0 Å². The molecule has 66 valence electrons. The summed E-state index contributed by atoms with van der Waals surface area (Å²) >= 11 is 0. The number of hydrogen-bond acceptors (Lipinski definition) is 2. The van der Waals surface area contributed by atoms with Gasteiger partial charge in [0.15, 0.2) is 6.23 Å². The van der Waals surface area contributed by atoms with Gasteiger partial charge in [-0.05, 0) is 6.42 Å². The third-order valence-electron chi connectivity index (χ3n) is 2.36. The molecular weight excluding hydrogens is 140 g/mol. The third-order valence-corrected chi connectivity index (χ3v) is 2.36. The predicted octanol–water partition coefficient (Wildman–Crippen LogP) is 0.460. The van der Waals surface area contributed by atoms with E-state index in [1.54, 1.807) is 0 Å². The van der Waals surface area contributed by atoms with Gasteiger partial charge >= 0.3 is 0 Å². The fourth-order valence-corrected chi connectivity index (χ4v) is 1.58. The average molecular weight is 159 g/mol. The van der Waals surface area contributed by atoms with Crippen molar-refractivity contribution in [3.05, 3.63) is 0 Å². The molecule has 2 unspecified atom stereocenters. The van der Waals surface area contributed by atoms with Gasteiger partial charge in [0.2, 0.25) is 0 Å². The predicted molar refractivity (Wildman–Crippen MR) is 44.6 cm³/mol. The number of rotatable bonds is 3. The van der Waals surface area contributed by atoms with E-state index in [0.29, 0.717) is 0 Å². The van der Waals surface area contributed by atoms with E-state index < -0.39 is 0 Å². The van der Waals surface area contributed by atoms with Crippen LogP contribution in [0.4, 0.5) is 0 Å². The van der Waals surface area contributed by atoms with Crippen LogP contribution in [0.25, 0.3) is 0 Å². The van der Waals surface area contributed by atoms with Gasteiger partial charge in [0.25, 0.3) is 0 Å². The number of quaternary nitrogens is 1. The van der Waals surface area contributed by atoms with Gasteiger partial charge in [-0.25, -0.2) is 4.59 Å². The Labute approximate surface area is 68.6 Å². The van der Waals surface area contributed by atoms with E-state index in [4.69, 9.17) is 0 Å². The van der Waals surface area contributed by atoms with Crippen molar-refractivity contribution in [3.63, 3.8) is 0 Å². The van der Waals surface area contributed by atoms with Crippen molar-refractivity contribution < 1.29 is 9.70 Å². The van der Waals surface area contributed by atoms with Crippen LogP contribution in [0.3, 0.4) is 0 Å². The van der Waals surface area contributed by atoms with E-state index in [-0.39, 0.29) is 6.23 Å². The van der Waals surface area contributed by atoms with E-state index >= 15 is 0 Å². The fourth-order valence-electron chi connectivity index (χ4n) is 1.58.